The van der Waals surface area contributed by atoms with E-state index in [1.807, 2.05) is 12.1 Å². The lowest BCUT2D eigenvalue weighted by Crippen LogP contribution is -2.12. The highest BCUT2D eigenvalue weighted by molar-refractivity contribution is 5.18. The summed E-state index contributed by atoms with van der Waals surface area (Å²) < 4.78 is 4.97. The Morgan fingerprint density at radius 3 is 2.93 bits per heavy atom. The average molecular weight is 190 g/mol. The van der Waals surface area contributed by atoms with Crippen LogP contribution >= 0.6 is 0 Å². The van der Waals surface area contributed by atoms with Crippen molar-refractivity contribution in [3.8, 4) is 0 Å². The molecule has 2 rings (SSSR count). The standard InChI is InChI=1S/C9H10N4O/c1-6-12-9(14-13-6)8(10)7-3-2-4-11-5-7/h2-5,8H,10H2,1H3. The lowest BCUT2D eigenvalue weighted by molar-refractivity contribution is 0.364. The van der Waals surface area contributed by atoms with Gasteiger partial charge in [-0.25, -0.2) is 0 Å². The molecule has 2 heterocycles. The van der Waals surface area contributed by atoms with E-state index in [9.17, 15) is 0 Å². The molecule has 2 aromatic heterocycles. The molecule has 0 fully saturated rings. The van der Waals surface area contributed by atoms with Gasteiger partial charge in [-0.05, 0) is 18.6 Å². The van der Waals surface area contributed by atoms with Crippen LogP contribution in [0.2, 0.25) is 0 Å². The Balaban J connectivity index is 2.29. The molecular formula is C9H10N4O. The van der Waals surface area contributed by atoms with Gasteiger partial charge < -0.3 is 10.3 Å². The van der Waals surface area contributed by atoms with Crippen molar-refractivity contribution < 1.29 is 4.52 Å². The van der Waals surface area contributed by atoms with Gasteiger partial charge in [0.15, 0.2) is 5.82 Å². The van der Waals surface area contributed by atoms with Crippen LogP contribution in [0.5, 0.6) is 0 Å². The minimum Gasteiger partial charge on any atom is -0.337 e. The van der Waals surface area contributed by atoms with Crippen LogP contribution in [-0.4, -0.2) is 15.1 Å². The Morgan fingerprint density at radius 1 is 1.50 bits per heavy atom. The van der Waals surface area contributed by atoms with Gasteiger partial charge in [-0.2, -0.15) is 4.98 Å². The zero-order chi connectivity index (χ0) is 9.97. The first-order valence-corrected chi connectivity index (χ1v) is 4.23. The molecule has 0 spiro atoms. The maximum Gasteiger partial charge on any atom is 0.248 e. The van der Waals surface area contributed by atoms with Crippen LogP contribution in [0.1, 0.15) is 23.3 Å². The number of aryl methyl sites for hydroxylation is 1. The molecule has 14 heavy (non-hydrogen) atoms. The highest BCUT2D eigenvalue weighted by Crippen LogP contribution is 2.15. The molecule has 0 saturated heterocycles. The smallest absolute Gasteiger partial charge is 0.248 e. The minimum absolute atomic E-state index is 0.398. The largest absolute Gasteiger partial charge is 0.337 e. The van der Waals surface area contributed by atoms with Crippen LogP contribution in [0.15, 0.2) is 29.0 Å². The minimum atomic E-state index is -0.398. The summed E-state index contributed by atoms with van der Waals surface area (Å²) in [7, 11) is 0. The monoisotopic (exact) mass is 190 g/mol. The van der Waals surface area contributed by atoms with E-state index in [4.69, 9.17) is 10.3 Å². The average Bonchev–Trinajstić information content (AvgIpc) is 2.65. The highest BCUT2D eigenvalue weighted by Gasteiger charge is 2.15. The molecule has 2 N–H and O–H groups in total. The van der Waals surface area contributed by atoms with Crippen molar-refractivity contribution in [3.63, 3.8) is 0 Å². The van der Waals surface area contributed by atoms with Gasteiger partial charge in [0.2, 0.25) is 5.89 Å². The molecule has 0 bridgehead atoms. The maximum absolute atomic E-state index is 5.89. The van der Waals surface area contributed by atoms with Gasteiger partial charge in [0.05, 0.1) is 0 Å². The van der Waals surface area contributed by atoms with Crippen LogP contribution in [-0.2, 0) is 0 Å². The first-order valence-electron chi connectivity index (χ1n) is 4.23. The SMILES string of the molecule is Cc1noc(C(N)c2cccnc2)n1. The van der Waals surface area contributed by atoms with E-state index in [1.54, 1.807) is 19.3 Å². The number of nitrogens with two attached hydrogens (primary N) is 1. The van der Waals surface area contributed by atoms with Gasteiger partial charge >= 0.3 is 0 Å². The third-order valence-electron chi connectivity index (χ3n) is 1.85. The molecule has 0 aliphatic rings. The molecule has 72 valence electrons. The van der Waals surface area contributed by atoms with Crippen molar-refractivity contribution in [2.75, 3.05) is 0 Å². The van der Waals surface area contributed by atoms with Gasteiger partial charge in [-0.15, -0.1) is 0 Å². The summed E-state index contributed by atoms with van der Waals surface area (Å²) in [6.45, 7) is 1.75. The first-order chi connectivity index (χ1) is 6.77. The summed E-state index contributed by atoms with van der Waals surface area (Å²) in [5, 5.41) is 3.68. The summed E-state index contributed by atoms with van der Waals surface area (Å²) in [6.07, 6.45) is 3.37. The Bertz CT molecular complexity index is 412. The van der Waals surface area contributed by atoms with E-state index in [-0.39, 0.29) is 0 Å². The van der Waals surface area contributed by atoms with Crippen molar-refractivity contribution in [3.05, 3.63) is 41.8 Å². The van der Waals surface area contributed by atoms with E-state index in [2.05, 4.69) is 15.1 Å². The first kappa shape index (κ1) is 8.83. The lowest BCUT2D eigenvalue weighted by Gasteiger charge is -2.04. The van der Waals surface area contributed by atoms with E-state index in [0.29, 0.717) is 11.7 Å². The highest BCUT2D eigenvalue weighted by atomic mass is 16.5. The van der Waals surface area contributed by atoms with Gasteiger partial charge in [-0.3, -0.25) is 4.98 Å². The number of hydrogen-bond acceptors (Lipinski definition) is 5. The fraction of sp³-hybridized carbons (Fsp3) is 0.222. The number of rotatable bonds is 2. The van der Waals surface area contributed by atoms with E-state index in [0.717, 1.165) is 5.56 Å². The fourth-order valence-electron chi connectivity index (χ4n) is 1.14. The van der Waals surface area contributed by atoms with Crippen molar-refractivity contribution in [1.82, 2.24) is 15.1 Å². The maximum atomic E-state index is 5.89. The molecule has 5 nitrogen and oxygen atoms in total. The van der Waals surface area contributed by atoms with Crippen molar-refractivity contribution in [2.45, 2.75) is 13.0 Å². The van der Waals surface area contributed by atoms with Crippen LogP contribution < -0.4 is 5.73 Å². The molecule has 1 unspecified atom stereocenters. The van der Waals surface area contributed by atoms with E-state index >= 15 is 0 Å². The predicted molar refractivity (Wildman–Crippen MR) is 49.3 cm³/mol. The molecular weight excluding hydrogens is 180 g/mol. The Morgan fingerprint density at radius 2 is 2.36 bits per heavy atom. The van der Waals surface area contributed by atoms with Crippen LogP contribution in [0.4, 0.5) is 0 Å². The number of pyridine rings is 1. The zero-order valence-corrected chi connectivity index (χ0v) is 7.71. The number of hydrogen-bond donors (Lipinski definition) is 1. The van der Waals surface area contributed by atoms with Gasteiger partial charge in [0.1, 0.15) is 6.04 Å². The van der Waals surface area contributed by atoms with Crippen molar-refractivity contribution >= 4 is 0 Å². The normalized spacial score (nSPS) is 12.7. The zero-order valence-electron chi connectivity index (χ0n) is 7.71. The molecule has 0 saturated carbocycles. The topological polar surface area (TPSA) is 77.8 Å². The lowest BCUT2D eigenvalue weighted by atomic mass is 10.1. The summed E-state index contributed by atoms with van der Waals surface area (Å²) in [4.78, 5) is 8.02. The predicted octanol–water partition coefficient (Wildman–Crippen LogP) is 0.821. The quantitative estimate of drug-likeness (QED) is 0.758. The third kappa shape index (κ3) is 1.62. The molecule has 2 aromatic rings. The Labute approximate surface area is 81.0 Å². The summed E-state index contributed by atoms with van der Waals surface area (Å²) in [5.74, 6) is 0.995. The Hall–Kier alpha value is -1.75. The third-order valence-corrected chi connectivity index (χ3v) is 1.85. The van der Waals surface area contributed by atoms with Gasteiger partial charge in [0, 0.05) is 12.4 Å². The fourth-order valence-corrected chi connectivity index (χ4v) is 1.14. The molecule has 0 amide bonds. The second kappa shape index (κ2) is 3.55. The molecule has 0 aliphatic carbocycles. The number of aromatic nitrogens is 3. The van der Waals surface area contributed by atoms with Crippen LogP contribution in [0, 0.1) is 6.92 Å². The summed E-state index contributed by atoms with van der Waals surface area (Å²) >= 11 is 0. The van der Waals surface area contributed by atoms with Crippen molar-refractivity contribution in [2.24, 2.45) is 5.73 Å². The molecule has 0 aromatic carbocycles. The van der Waals surface area contributed by atoms with Gasteiger partial charge in [-0.1, -0.05) is 11.2 Å². The van der Waals surface area contributed by atoms with Crippen LogP contribution in [0.25, 0.3) is 0 Å². The molecule has 5 heteroatoms. The molecule has 1 atom stereocenters. The van der Waals surface area contributed by atoms with E-state index < -0.39 is 6.04 Å². The van der Waals surface area contributed by atoms with Crippen molar-refractivity contribution in [1.29, 1.82) is 0 Å². The second-order valence-corrected chi connectivity index (χ2v) is 2.94. The summed E-state index contributed by atoms with van der Waals surface area (Å²) in [6, 6.07) is 3.29. The summed E-state index contributed by atoms with van der Waals surface area (Å²) in [5.41, 5.74) is 6.75. The number of nitrogens with zero attached hydrogens (tertiary/aromatic N) is 3. The molecule has 0 aliphatic heterocycles. The second-order valence-electron chi connectivity index (χ2n) is 2.94. The molecule has 0 radical (unpaired) electrons. The Kier molecular flexibility index (Phi) is 2.24. The van der Waals surface area contributed by atoms with E-state index in [1.165, 1.54) is 0 Å². The van der Waals surface area contributed by atoms with Gasteiger partial charge in [0.25, 0.3) is 0 Å². The van der Waals surface area contributed by atoms with Crippen LogP contribution in [0.3, 0.4) is 0 Å².